The third-order valence-corrected chi connectivity index (χ3v) is 2.94. The van der Waals surface area contributed by atoms with Crippen LogP contribution in [0.4, 0.5) is 4.39 Å². The second-order valence-electron chi connectivity index (χ2n) is 4.61. The average molecular weight is 284 g/mol. The first-order chi connectivity index (χ1) is 10.2. The number of benzene rings is 2. The van der Waals surface area contributed by atoms with Crippen LogP contribution >= 0.6 is 0 Å². The molecule has 0 spiro atoms. The summed E-state index contributed by atoms with van der Waals surface area (Å²) in [5, 5.41) is 7.92. The highest BCUT2D eigenvalue weighted by molar-refractivity contribution is 5.52. The number of hydrogen-bond donors (Lipinski definition) is 0. The minimum absolute atomic E-state index is 0.143. The second kappa shape index (κ2) is 5.75. The molecule has 106 valence electrons. The Balaban J connectivity index is 1.67. The van der Waals surface area contributed by atoms with Gasteiger partial charge in [-0.3, -0.25) is 0 Å². The van der Waals surface area contributed by atoms with Crippen molar-refractivity contribution in [3.8, 4) is 17.2 Å². The van der Waals surface area contributed by atoms with Gasteiger partial charge in [-0.15, -0.1) is 10.2 Å². The largest absolute Gasteiger partial charge is 0.484 e. The number of nitrogens with zero attached hydrogens (tertiary/aromatic N) is 2. The highest BCUT2D eigenvalue weighted by Gasteiger charge is 2.09. The molecule has 0 aliphatic carbocycles. The number of ether oxygens (including phenoxy) is 1. The van der Waals surface area contributed by atoms with Crippen molar-refractivity contribution in [2.75, 3.05) is 0 Å². The van der Waals surface area contributed by atoms with E-state index in [-0.39, 0.29) is 12.4 Å². The normalized spacial score (nSPS) is 10.6. The Bertz CT molecular complexity index is 721. The minimum Gasteiger partial charge on any atom is -0.484 e. The average Bonchev–Trinajstić information content (AvgIpc) is 2.96. The van der Waals surface area contributed by atoms with Crippen LogP contribution in [0.2, 0.25) is 0 Å². The van der Waals surface area contributed by atoms with Crippen molar-refractivity contribution in [2.45, 2.75) is 13.5 Å². The Kier molecular flexibility index (Phi) is 3.64. The Labute approximate surface area is 121 Å². The van der Waals surface area contributed by atoms with E-state index < -0.39 is 0 Å². The molecule has 1 aromatic heterocycles. The number of halogens is 1. The van der Waals surface area contributed by atoms with E-state index in [1.165, 1.54) is 12.1 Å². The summed E-state index contributed by atoms with van der Waals surface area (Å²) in [6.07, 6.45) is 0. The maximum atomic E-state index is 12.8. The molecule has 0 N–H and O–H groups in total. The van der Waals surface area contributed by atoms with E-state index in [0.29, 0.717) is 17.5 Å². The van der Waals surface area contributed by atoms with E-state index in [9.17, 15) is 4.39 Å². The predicted octanol–water partition coefficient (Wildman–Crippen LogP) is 3.76. The summed E-state index contributed by atoms with van der Waals surface area (Å²) in [6.45, 7) is 2.16. The minimum atomic E-state index is -0.304. The molecule has 5 heteroatoms. The summed E-state index contributed by atoms with van der Waals surface area (Å²) in [4.78, 5) is 0. The summed E-state index contributed by atoms with van der Waals surface area (Å²) in [6, 6.07) is 13.6. The van der Waals surface area contributed by atoms with Crippen LogP contribution in [-0.4, -0.2) is 10.2 Å². The highest BCUT2D eigenvalue weighted by Crippen LogP contribution is 2.19. The predicted molar refractivity (Wildman–Crippen MR) is 75.2 cm³/mol. The van der Waals surface area contributed by atoms with Crippen LogP contribution in [0.5, 0.6) is 5.75 Å². The number of aromatic nitrogens is 2. The first kappa shape index (κ1) is 13.3. The van der Waals surface area contributed by atoms with Crippen LogP contribution in [0.15, 0.2) is 52.9 Å². The first-order valence-electron chi connectivity index (χ1n) is 6.48. The van der Waals surface area contributed by atoms with Crippen LogP contribution in [0.25, 0.3) is 11.5 Å². The molecule has 0 unspecified atom stereocenters. The summed E-state index contributed by atoms with van der Waals surface area (Å²) in [7, 11) is 0. The molecule has 0 radical (unpaired) electrons. The fourth-order valence-electron chi connectivity index (χ4n) is 1.80. The van der Waals surface area contributed by atoms with Crippen LogP contribution in [0, 0.1) is 12.7 Å². The summed E-state index contributed by atoms with van der Waals surface area (Å²) >= 11 is 0. The molecule has 3 rings (SSSR count). The second-order valence-corrected chi connectivity index (χ2v) is 4.61. The highest BCUT2D eigenvalue weighted by atomic mass is 19.1. The molecule has 0 bridgehead atoms. The molecule has 2 aromatic carbocycles. The number of hydrogen-bond acceptors (Lipinski definition) is 4. The lowest BCUT2D eigenvalue weighted by Gasteiger charge is -2.02. The number of rotatable bonds is 4. The van der Waals surface area contributed by atoms with E-state index in [1.54, 1.807) is 12.1 Å². The van der Waals surface area contributed by atoms with Gasteiger partial charge in [0.2, 0.25) is 5.89 Å². The zero-order valence-corrected chi connectivity index (χ0v) is 11.4. The summed E-state index contributed by atoms with van der Waals surface area (Å²) in [5.74, 6) is 1.07. The third-order valence-electron chi connectivity index (χ3n) is 2.94. The molecule has 0 aliphatic heterocycles. The van der Waals surface area contributed by atoms with Gasteiger partial charge in [0.1, 0.15) is 11.6 Å². The molecule has 21 heavy (non-hydrogen) atoms. The van der Waals surface area contributed by atoms with Gasteiger partial charge in [0, 0.05) is 5.56 Å². The molecule has 0 amide bonds. The van der Waals surface area contributed by atoms with Crippen molar-refractivity contribution in [1.29, 1.82) is 0 Å². The van der Waals surface area contributed by atoms with Crippen molar-refractivity contribution in [3.05, 3.63) is 65.8 Å². The van der Waals surface area contributed by atoms with Gasteiger partial charge in [-0.1, -0.05) is 17.7 Å². The van der Waals surface area contributed by atoms with Crippen molar-refractivity contribution in [3.63, 3.8) is 0 Å². The summed E-state index contributed by atoms with van der Waals surface area (Å²) in [5.41, 5.74) is 2.03. The van der Waals surface area contributed by atoms with E-state index >= 15 is 0 Å². The summed E-state index contributed by atoms with van der Waals surface area (Å²) < 4.78 is 23.8. The lowest BCUT2D eigenvalue weighted by atomic mass is 10.1. The molecule has 1 heterocycles. The fourth-order valence-corrected chi connectivity index (χ4v) is 1.80. The van der Waals surface area contributed by atoms with Gasteiger partial charge in [-0.25, -0.2) is 4.39 Å². The van der Waals surface area contributed by atoms with Gasteiger partial charge < -0.3 is 9.15 Å². The lowest BCUT2D eigenvalue weighted by molar-refractivity contribution is 0.264. The van der Waals surface area contributed by atoms with Gasteiger partial charge in [0.15, 0.2) is 6.61 Å². The molecular formula is C16H13FN2O2. The monoisotopic (exact) mass is 284 g/mol. The molecular weight excluding hydrogens is 271 g/mol. The van der Waals surface area contributed by atoms with Gasteiger partial charge in [0.05, 0.1) is 0 Å². The van der Waals surface area contributed by atoms with E-state index in [1.807, 2.05) is 31.2 Å². The zero-order valence-electron chi connectivity index (χ0n) is 11.4. The van der Waals surface area contributed by atoms with Crippen LogP contribution in [-0.2, 0) is 6.61 Å². The standard InChI is InChI=1S/C16H13FN2O2/c1-11-2-4-12(5-3-11)16-19-18-15(21-16)10-20-14-8-6-13(17)7-9-14/h2-9H,10H2,1H3. The van der Waals surface area contributed by atoms with Crippen molar-refractivity contribution in [1.82, 2.24) is 10.2 Å². The first-order valence-corrected chi connectivity index (χ1v) is 6.48. The zero-order chi connectivity index (χ0) is 14.7. The maximum Gasteiger partial charge on any atom is 0.254 e. The van der Waals surface area contributed by atoms with E-state index in [2.05, 4.69) is 10.2 Å². The van der Waals surface area contributed by atoms with E-state index in [0.717, 1.165) is 11.1 Å². The maximum absolute atomic E-state index is 12.8. The van der Waals surface area contributed by atoms with Gasteiger partial charge in [-0.05, 0) is 43.3 Å². The topological polar surface area (TPSA) is 48.2 Å². The Hall–Kier alpha value is -2.69. The Morgan fingerprint density at radius 1 is 1.00 bits per heavy atom. The van der Waals surface area contributed by atoms with Crippen molar-refractivity contribution < 1.29 is 13.5 Å². The van der Waals surface area contributed by atoms with Crippen LogP contribution < -0.4 is 4.74 Å². The molecule has 0 aliphatic rings. The van der Waals surface area contributed by atoms with Gasteiger partial charge in [-0.2, -0.15) is 0 Å². The Morgan fingerprint density at radius 3 is 2.43 bits per heavy atom. The molecule has 0 saturated heterocycles. The van der Waals surface area contributed by atoms with Crippen molar-refractivity contribution >= 4 is 0 Å². The van der Waals surface area contributed by atoms with Crippen molar-refractivity contribution in [2.24, 2.45) is 0 Å². The van der Waals surface area contributed by atoms with Crippen LogP contribution in [0.1, 0.15) is 11.5 Å². The lowest BCUT2D eigenvalue weighted by Crippen LogP contribution is -1.95. The van der Waals surface area contributed by atoms with E-state index in [4.69, 9.17) is 9.15 Å². The van der Waals surface area contributed by atoms with Crippen LogP contribution in [0.3, 0.4) is 0 Å². The van der Waals surface area contributed by atoms with Gasteiger partial charge >= 0.3 is 0 Å². The molecule has 0 atom stereocenters. The molecule has 3 aromatic rings. The molecule has 0 saturated carbocycles. The quantitative estimate of drug-likeness (QED) is 0.732. The Morgan fingerprint density at radius 2 is 1.71 bits per heavy atom. The third kappa shape index (κ3) is 3.25. The SMILES string of the molecule is Cc1ccc(-c2nnc(COc3ccc(F)cc3)o2)cc1. The molecule has 4 nitrogen and oxygen atoms in total. The number of aryl methyl sites for hydroxylation is 1. The van der Waals surface area contributed by atoms with Gasteiger partial charge in [0.25, 0.3) is 5.89 Å². The fraction of sp³-hybridized carbons (Fsp3) is 0.125. The smallest absolute Gasteiger partial charge is 0.254 e. The molecule has 0 fully saturated rings.